The van der Waals surface area contributed by atoms with Gasteiger partial charge in [-0.2, -0.15) is 4.31 Å². The standard InChI is InChI=1S/C12H14BrNO3S/c1-2-11(15)9-7-14(8-9)18(16,17)12-6-4-3-5-10(12)13/h3-6,9H,2,7-8H2,1H3. The van der Waals surface area contributed by atoms with Crippen molar-refractivity contribution in [3.05, 3.63) is 28.7 Å². The van der Waals surface area contributed by atoms with Crippen LogP contribution in [0.3, 0.4) is 0 Å². The lowest BCUT2D eigenvalue weighted by Gasteiger charge is -2.37. The second kappa shape index (κ2) is 5.11. The molecule has 0 N–H and O–H groups in total. The lowest BCUT2D eigenvalue weighted by molar-refractivity contribution is -0.125. The number of nitrogens with zero attached hydrogens (tertiary/aromatic N) is 1. The molecule has 1 heterocycles. The molecule has 1 fully saturated rings. The van der Waals surface area contributed by atoms with Crippen molar-refractivity contribution in [1.29, 1.82) is 0 Å². The number of ketones is 1. The Morgan fingerprint density at radius 2 is 2.00 bits per heavy atom. The SMILES string of the molecule is CCC(=O)C1CN(S(=O)(=O)c2ccccc2Br)C1. The minimum absolute atomic E-state index is 0.132. The van der Waals surface area contributed by atoms with Crippen molar-refractivity contribution in [2.75, 3.05) is 13.1 Å². The fourth-order valence-corrected chi connectivity index (χ4v) is 4.41. The molecule has 0 saturated carbocycles. The minimum atomic E-state index is -3.47. The van der Waals surface area contributed by atoms with Gasteiger partial charge in [0.25, 0.3) is 0 Å². The zero-order valence-electron chi connectivity index (χ0n) is 9.97. The normalized spacial score (nSPS) is 17.4. The molecule has 1 aromatic rings. The Morgan fingerprint density at radius 1 is 1.39 bits per heavy atom. The maximum absolute atomic E-state index is 12.3. The van der Waals surface area contributed by atoms with Gasteiger partial charge in [-0.1, -0.05) is 19.1 Å². The number of benzene rings is 1. The number of halogens is 1. The van der Waals surface area contributed by atoms with E-state index in [1.807, 2.05) is 0 Å². The Morgan fingerprint density at radius 3 is 2.56 bits per heavy atom. The number of hydrogen-bond donors (Lipinski definition) is 0. The van der Waals surface area contributed by atoms with Gasteiger partial charge in [-0.3, -0.25) is 4.79 Å². The maximum atomic E-state index is 12.3. The molecule has 0 amide bonds. The van der Waals surface area contributed by atoms with E-state index in [4.69, 9.17) is 0 Å². The van der Waals surface area contributed by atoms with E-state index in [0.29, 0.717) is 24.0 Å². The van der Waals surface area contributed by atoms with Crippen LogP contribution in [0, 0.1) is 5.92 Å². The molecule has 98 valence electrons. The zero-order valence-corrected chi connectivity index (χ0v) is 12.4. The summed E-state index contributed by atoms with van der Waals surface area (Å²) in [6, 6.07) is 6.71. The summed E-state index contributed by atoms with van der Waals surface area (Å²) in [5.41, 5.74) is 0. The topological polar surface area (TPSA) is 54.5 Å². The molecule has 1 saturated heterocycles. The quantitative estimate of drug-likeness (QED) is 0.848. The van der Waals surface area contributed by atoms with E-state index in [0.717, 1.165) is 0 Å². The summed E-state index contributed by atoms with van der Waals surface area (Å²) in [6.45, 7) is 2.40. The van der Waals surface area contributed by atoms with Crippen LogP contribution in [0.2, 0.25) is 0 Å². The molecule has 0 aromatic heterocycles. The molecule has 0 spiro atoms. The fraction of sp³-hybridized carbons (Fsp3) is 0.417. The lowest BCUT2D eigenvalue weighted by atomic mass is 9.96. The Balaban J connectivity index is 2.16. The minimum Gasteiger partial charge on any atom is -0.299 e. The lowest BCUT2D eigenvalue weighted by Crippen LogP contribution is -2.52. The zero-order chi connectivity index (χ0) is 13.3. The number of Topliss-reactive ketones (excluding diaryl/α,β-unsaturated/α-hetero) is 1. The van der Waals surface area contributed by atoms with Crippen LogP contribution >= 0.6 is 15.9 Å². The Kier molecular flexibility index (Phi) is 3.89. The summed E-state index contributed by atoms with van der Waals surface area (Å²) in [7, 11) is -3.47. The number of carbonyl (C=O) groups is 1. The van der Waals surface area contributed by atoms with Gasteiger partial charge < -0.3 is 0 Å². The number of hydrogen-bond acceptors (Lipinski definition) is 3. The van der Waals surface area contributed by atoms with Crippen LogP contribution in [0.5, 0.6) is 0 Å². The average molecular weight is 332 g/mol. The number of rotatable bonds is 4. The summed E-state index contributed by atoms with van der Waals surface area (Å²) >= 11 is 3.24. The molecule has 18 heavy (non-hydrogen) atoms. The van der Waals surface area contributed by atoms with E-state index in [9.17, 15) is 13.2 Å². The first-order valence-electron chi connectivity index (χ1n) is 5.74. The van der Waals surface area contributed by atoms with Gasteiger partial charge in [0.05, 0.1) is 4.90 Å². The molecule has 1 aliphatic heterocycles. The van der Waals surface area contributed by atoms with Crippen molar-refractivity contribution in [3.8, 4) is 0 Å². The predicted octanol–water partition coefficient (Wildman–Crippen LogP) is 2.05. The van der Waals surface area contributed by atoms with Crippen molar-refractivity contribution >= 4 is 31.7 Å². The van der Waals surface area contributed by atoms with Gasteiger partial charge in [-0.25, -0.2) is 8.42 Å². The summed E-state index contributed by atoms with van der Waals surface area (Å²) in [5, 5.41) is 0. The van der Waals surface area contributed by atoms with E-state index in [1.54, 1.807) is 31.2 Å². The van der Waals surface area contributed by atoms with Crippen LogP contribution in [0.1, 0.15) is 13.3 Å². The summed E-state index contributed by atoms with van der Waals surface area (Å²) < 4.78 is 26.5. The summed E-state index contributed by atoms with van der Waals surface area (Å²) in [4.78, 5) is 11.7. The number of carbonyl (C=O) groups excluding carboxylic acids is 1. The highest BCUT2D eigenvalue weighted by molar-refractivity contribution is 9.10. The van der Waals surface area contributed by atoms with Gasteiger partial charge in [-0.15, -0.1) is 0 Å². The largest absolute Gasteiger partial charge is 0.299 e. The van der Waals surface area contributed by atoms with E-state index >= 15 is 0 Å². The monoisotopic (exact) mass is 331 g/mol. The van der Waals surface area contributed by atoms with E-state index in [1.165, 1.54) is 4.31 Å². The molecule has 0 radical (unpaired) electrons. The van der Waals surface area contributed by atoms with Crippen LogP contribution < -0.4 is 0 Å². The maximum Gasteiger partial charge on any atom is 0.244 e. The van der Waals surface area contributed by atoms with Crippen LogP contribution in [-0.4, -0.2) is 31.6 Å². The Bertz CT molecular complexity index is 564. The fourth-order valence-electron chi connectivity index (χ4n) is 1.92. The third-order valence-electron chi connectivity index (χ3n) is 3.11. The highest BCUT2D eigenvalue weighted by Crippen LogP contribution is 2.30. The van der Waals surface area contributed by atoms with Crippen molar-refractivity contribution < 1.29 is 13.2 Å². The third-order valence-corrected chi connectivity index (χ3v) is 5.95. The van der Waals surface area contributed by atoms with Crippen LogP contribution in [0.15, 0.2) is 33.6 Å². The molecule has 2 rings (SSSR count). The molecular formula is C12H14BrNO3S. The number of sulfonamides is 1. The van der Waals surface area contributed by atoms with E-state index < -0.39 is 10.0 Å². The van der Waals surface area contributed by atoms with Crippen LogP contribution in [0.25, 0.3) is 0 Å². The van der Waals surface area contributed by atoms with E-state index in [-0.39, 0.29) is 16.6 Å². The summed E-state index contributed by atoms with van der Waals surface area (Å²) in [6.07, 6.45) is 0.466. The predicted molar refractivity (Wildman–Crippen MR) is 71.7 cm³/mol. The van der Waals surface area contributed by atoms with Gasteiger partial charge in [0.2, 0.25) is 10.0 Å². The second-order valence-electron chi connectivity index (χ2n) is 4.27. The van der Waals surface area contributed by atoms with Crippen LogP contribution in [0.4, 0.5) is 0 Å². The second-order valence-corrected chi connectivity index (χ2v) is 7.03. The third kappa shape index (κ3) is 2.37. The molecule has 0 aliphatic carbocycles. The first-order valence-corrected chi connectivity index (χ1v) is 7.97. The average Bonchev–Trinajstić information content (AvgIpc) is 2.26. The first kappa shape index (κ1) is 13.7. The molecule has 0 atom stereocenters. The van der Waals surface area contributed by atoms with Crippen LogP contribution in [-0.2, 0) is 14.8 Å². The summed E-state index contributed by atoms with van der Waals surface area (Å²) in [5.74, 6) is 0.000778. The Hall–Kier alpha value is -0.720. The Labute approximate surface area is 115 Å². The molecule has 4 nitrogen and oxygen atoms in total. The smallest absolute Gasteiger partial charge is 0.244 e. The van der Waals surface area contributed by atoms with Gasteiger partial charge >= 0.3 is 0 Å². The van der Waals surface area contributed by atoms with Crippen molar-refractivity contribution in [1.82, 2.24) is 4.31 Å². The molecule has 0 bridgehead atoms. The first-order chi connectivity index (χ1) is 8.46. The van der Waals surface area contributed by atoms with E-state index in [2.05, 4.69) is 15.9 Å². The van der Waals surface area contributed by atoms with Gasteiger partial charge in [0.1, 0.15) is 5.78 Å². The molecule has 6 heteroatoms. The molecule has 1 aliphatic rings. The van der Waals surface area contributed by atoms with Crippen molar-refractivity contribution in [2.24, 2.45) is 5.92 Å². The van der Waals surface area contributed by atoms with Gasteiger partial charge in [0.15, 0.2) is 0 Å². The molecule has 0 unspecified atom stereocenters. The molecular weight excluding hydrogens is 318 g/mol. The van der Waals surface area contributed by atoms with Gasteiger partial charge in [-0.05, 0) is 28.1 Å². The highest BCUT2D eigenvalue weighted by atomic mass is 79.9. The molecule has 1 aromatic carbocycles. The highest BCUT2D eigenvalue weighted by Gasteiger charge is 2.40. The van der Waals surface area contributed by atoms with Crippen molar-refractivity contribution in [3.63, 3.8) is 0 Å². The van der Waals surface area contributed by atoms with Crippen molar-refractivity contribution in [2.45, 2.75) is 18.2 Å². The van der Waals surface area contributed by atoms with Gasteiger partial charge in [0, 0.05) is 29.9 Å².